The van der Waals surface area contributed by atoms with Crippen LogP contribution < -0.4 is 0 Å². The summed E-state index contributed by atoms with van der Waals surface area (Å²) >= 11 is 0. The van der Waals surface area contributed by atoms with Crippen molar-refractivity contribution in [3.8, 4) is 0 Å². The number of hydrogen-bond acceptors (Lipinski definition) is 4. The van der Waals surface area contributed by atoms with Crippen molar-refractivity contribution < 1.29 is 17.9 Å². The predicted molar refractivity (Wildman–Crippen MR) is 79.7 cm³/mol. The van der Waals surface area contributed by atoms with Crippen LogP contribution in [-0.2, 0) is 14.8 Å². The van der Waals surface area contributed by atoms with E-state index in [-0.39, 0.29) is 10.5 Å². The third-order valence-electron chi connectivity index (χ3n) is 3.79. The molecule has 1 aliphatic rings. The molecule has 6 heteroatoms. The Morgan fingerprint density at radius 1 is 1.14 bits per heavy atom. The van der Waals surface area contributed by atoms with Gasteiger partial charge in [0.2, 0.25) is 10.0 Å². The first kappa shape index (κ1) is 16.0. The minimum atomic E-state index is -3.55. The summed E-state index contributed by atoms with van der Waals surface area (Å²) in [5, 5.41) is 0. The summed E-state index contributed by atoms with van der Waals surface area (Å²) in [7, 11) is -2.27. The van der Waals surface area contributed by atoms with Crippen LogP contribution in [0, 0.1) is 6.92 Å². The molecule has 0 aromatic heterocycles. The highest BCUT2D eigenvalue weighted by Crippen LogP contribution is 2.24. The van der Waals surface area contributed by atoms with Crippen molar-refractivity contribution in [2.45, 2.75) is 37.5 Å². The molecule has 0 saturated carbocycles. The largest absolute Gasteiger partial charge is 0.465 e. The van der Waals surface area contributed by atoms with Gasteiger partial charge in [0.1, 0.15) is 0 Å². The molecule has 1 aliphatic heterocycles. The Hall–Kier alpha value is -1.40. The molecular formula is C15H21NO4S. The zero-order valence-electron chi connectivity index (χ0n) is 12.5. The number of sulfonamides is 1. The van der Waals surface area contributed by atoms with Crippen molar-refractivity contribution in [1.29, 1.82) is 0 Å². The first-order valence-electron chi connectivity index (χ1n) is 7.16. The van der Waals surface area contributed by atoms with Gasteiger partial charge < -0.3 is 4.74 Å². The maximum absolute atomic E-state index is 12.8. The van der Waals surface area contributed by atoms with E-state index in [1.54, 1.807) is 19.1 Å². The second-order valence-corrected chi connectivity index (χ2v) is 7.20. The third-order valence-corrected chi connectivity index (χ3v) is 5.83. The highest BCUT2D eigenvalue weighted by atomic mass is 32.2. The number of hydrogen-bond donors (Lipinski definition) is 0. The summed E-state index contributed by atoms with van der Waals surface area (Å²) in [6, 6.07) is 4.65. The molecule has 1 aromatic carbocycles. The highest BCUT2D eigenvalue weighted by molar-refractivity contribution is 7.89. The molecule has 0 spiro atoms. The number of esters is 1. The summed E-state index contributed by atoms with van der Waals surface area (Å²) in [6.07, 6.45) is 3.89. The molecular weight excluding hydrogens is 290 g/mol. The smallest absolute Gasteiger partial charge is 0.337 e. The quantitative estimate of drug-likeness (QED) is 0.804. The fourth-order valence-electron chi connectivity index (χ4n) is 2.54. The Morgan fingerprint density at radius 3 is 2.33 bits per heavy atom. The second kappa shape index (κ2) is 6.58. The highest BCUT2D eigenvalue weighted by Gasteiger charge is 2.27. The SMILES string of the molecule is COC(=O)c1ccc(C)c(S(=O)(=O)N2CCCCCC2)c1. The van der Waals surface area contributed by atoms with Crippen LogP contribution in [0.5, 0.6) is 0 Å². The van der Waals surface area contributed by atoms with Gasteiger partial charge in [0, 0.05) is 13.1 Å². The van der Waals surface area contributed by atoms with E-state index in [0.717, 1.165) is 25.7 Å². The fraction of sp³-hybridized carbons (Fsp3) is 0.533. The topological polar surface area (TPSA) is 63.7 Å². The Labute approximate surface area is 126 Å². The Balaban J connectivity index is 2.40. The maximum atomic E-state index is 12.8. The van der Waals surface area contributed by atoms with E-state index in [0.29, 0.717) is 18.7 Å². The van der Waals surface area contributed by atoms with Gasteiger partial charge >= 0.3 is 5.97 Å². The Kier molecular flexibility index (Phi) is 5.00. The number of rotatable bonds is 3. The van der Waals surface area contributed by atoms with Gasteiger partial charge in [0.25, 0.3) is 0 Å². The van der Waals surface area contributed by atoms with Crippen LogP contribution in [-0.4, -0.2) is 38.9 Å². The molecule has 0 atom stereocenters. The van der Waals surface area contributed by atoms with Crippen LogP contribution in [0.3, 0.4) is 0 Å². The van der Waals surface area contributed by atoms with Crippen molar-refractivity contribution in [2.75, 3.05) is 20.2 Å². The number of methoxy groups -OCH3 is 1. The molecule has 1 aromatic rings. The minimum Gasteiger partial charge on any atom is -0.465 e. The van der Waals surface area contributed by atoms with Gasteiger partial charge in [-0.05, 0) is 37.5 Å². The lowest BCUT2D eigenvalue weighted by atomic mass is 10.1. The van der Waals surface area contributed by atoms with Crippen molar-refractivity contribution in [1.82, 2.24) is 4.31 Å². The fourth-order valence-corrected chi connectivity index (χ4v) is 4.31. The number of carbonyl (C=O) groups excluding carboxylic acids is 1. The zero-order valence-corrected chi connectivity index (χ0v) is 13.3. The number of benzene rings is 1. The molecule has 0 bridgehead atoms. The Morgan fingerprint density at radius 2 is 1.76 bits per heavy atom. The predicted octanol–water partition coefficient (Wildman–Crippen LogP) is 2.35. The summed E-state index contributed by atoms with van der Waals surface area (Å²) < 4.78 is 31.8. The van der Waals surface area contributed by atoms with Crippen LogP contribution in [0.25, 0.3) is 0 Å². The molecule has 0 aliphatic carbocycles. The standard InChI is InChI=1S/C15H21NO4S/c1-12-7-8-13(15(17)20-2)11-14(12)21(18,19)16-9-5-3-4-6-10-16/h7-8,11H,3-6,9-10H2,1-2H3. The summed E-state index contributed by atoms with van der Waals surface area (Å²) in [4.78, 5) is 11.8. The molecule has 2 rings (SSSR count). The van der Waals surface area contributed by atoms with Gasteiger partial charge in [-0.15, -0.1) is 0 Å². The van der Waals surface area contributed by atoms with Crippen molar-refractivity contribution in [3.63, 3.8) is 0 Å². The van der Waals surface area contributed by atoms with Crippen LogP contribution in [0.2, 0.25) is 0 Å². The number of ether oxygens (including phenoxy) is 1. The molecule has 0 radical (unpaired) electrons. The summed E-state index contributed by atoms with van der Waals surface area (Å²) in [5.41, 5.74) is 0.906. The zero-order chi connectivity index (χ0) is 15.5. The van der Waals surface area contributed by atoms with Crippen molar-refractivity contribution in [3.05, 3.63) is 29.3 Å². The van der Waals surface area contributed by atoms with Crippen molar-refractivity contribution in [2.24, 2.45) is 0 Å². The molecule has 1 fully saturated rings. The minimum absolute atomic E-state index is 0.201. The van der Waals surface area contributed by atoms with Gasteiger partial charge in [0.05, 0.1) is 17.6 Å². The second-order valence-electron chi connectivity index (χ2n) is 5.29. The van der Waals surface area contributed by atoms with Gasteiger partial charge in [-0.3, -0.25) is 0 Å². The van der Waals surface area contributed by atoms with Gasteiger partial charge in [-0.2, -0.15) is 4.31 Å². The molecule has 5 nitrogen and oxygen atoms in total. The molecule has 1 heterocycles. The normalized spacial score (nSPS) is 17.2. The average molecular weight is 311 g/mol. The lowest BCUT2D eigenvalue weighted by Gasteiger charge is -2.21. The van der Waals surface area contributed by atoms with Crippen LogP contribution in [0.4, 0.5) is 0 Å². The van der Waals surface area contributed by atoms with E-state index in [4.69, 9.17) is 0 Å². The molecule has 21 heavy (non-hydrogen) atoms. The molecule has 0 N–H and O–H groups in total. The van der Waals surface area contributed by atoms with Gasteiger partial charge in [-0.25, -0.2) is 13.2 Å². The monoisotopic (exact) mass is 311 g/mol. The molecule has 1 saturated heterocycles. The van der Waals surface area contributed by atoms with Crippen LogP contribution in [0.15, 0.2) is 23.1 Å². The van der Waals surface area contributed by atoms with Gasteiger partial charge in [0.15, 0.2) is 0 Å². The van der Waals surface area contributed by atoms with E-state index in [1.165, 1.54) is 17.5 Å². The molecule has 0 amide bonds. The summed E-state index contributed by atoms with van der Waals surface area (Å²) in [6.45, 7) is 2.83. The van der Waals surface area contributed by atoms with E-state index in [1.807, 2.05) is 0 Å². The van der Waals surface area contributed by atoms with Crippen LogP contribution in [0.1, 0.15) is 41.6 Å². The lowest BCUT2D eigenvalue weighted by Crippen LogP contribution is -2.32. The number of carbonyl (C=O) groups is 1. The van der Waals surface area contributed by atoms with Gasteiger partial charge in [-0.1, -0.05) is 18.9 Å². The first-order valence-corrected chi connectivity index (χ1v) is 8.60. The molecule has 0 unspecified atom stereocenters. The number of nitrogens with zero attached hydrogens (tertiary/aromatic N) is 1. The Bertz CT molecular complexity index is 617. The van der Waals surface area contributed by atoms with E-state index >= 15 is 0 Å². The van der Waals surface area contributed by atoms with E-state index < -0.39 is 16.0 Å². The average Bonchev–Trinajstić information content (AvgIpc) is 2.76. The van der Waals surface area contributed by atoms with Crippen molar-refractivity contribution >= 4 is 16.0 Å². The van der Waals surface area contributed by atoms with E-state index in [2.05, 4.69) is 4.74 Å². The molecule has 116 valence electrons. The third kappa shape index (κ3) is 3.44. The maximum Gasteiger partial charge on any atom is 0.337 e. The summed E-state index contributed by atoms with van der Waals surface area (Å²) in [5.74, 6) is -0.526. The van der Waals surface area contributed by atoms with E-state index in [9.17, 15) is 13.2 Å². The van der Waals surface area contributed by atoms with Crippen LogP contribution >= 0.6 is 0 Å². The first-order chi connectivity index (χ1) is 9.96. The number of aryl methyl sites for hydroxylation is 1. The lowest BCUT2D eigenvalue weighted by molar-refractivity contribution is 0.0600.